The van der Waals surface area contributed by atoms with Crippen LogP contribution in [0.4, 0.5) is 11.5 Å². The number of morpholine rings is 1. The highest BCUT2D eigenvalue weighted by Crippen LogP contribution is 2.19. The smallest absolute Gasteiger partial charge is 0.224 e. The van der Waals surface area contributed by atoms with E-state index in [1.165, 1.54) is 5.56 Å². The molecule has 0 saturated carbocycles. The highest BCUT2D eigenvalue weighted by molar-refractivity contribution is 5.91. The number of nitrogens with zero attached hydrogens (tertiary/aromatic N) is 2. The molecule has 132 valence electrons. The highest BCUT2D eigenvalue weighted by atomic mass is 16.5. The number of hydrogen-bond acceptors (Lipinski definition) is 4. The summed E-state index contributed by atoms with van der Waals surface area (Å²) in [4.78, 5) is 19.0. The van der Waals surface area contributed by atoms with Crippen molar-refractivity contribution in [3.05, 3.63) is 53.2 Å². The van der Waals surface area contributed by atoms with Crippen molar-refractivity contribution in [2.24, 2.45) is 0 Å². The van der Waals surface area contributed by atoms with E-state index in [0.717, 1.165) is 48.9 Å². The number of hydrogen-bond donors (Lipinski definition) is 1. The Morgan fingerprint density at radius 1 is 1.24 bits per heavy atom. The van der Waals surface area contributed by atoms with Crippen molar-refractivity contribution in [3.63, 3.8) is 0 Å². The molecule has 0 radical (unpaired) electrons. The number of pyridine rings is 1. The maximum absolute atomic E-state index is 12.3. The van der Waals surface area contributed by atoms with Crippen LogP contribution in [0.3, 0.4) is 0 Å². The molecule has 0 spiro atoms. The van der Waals surface area contributed by atoms with E-state index >= 15 is 0 Å². The third-order valence-corrected chi connectivity index (χ3v) is 4.66. The third-order valence-electron chi connectivity index (χ3n) is 4.66. The minimum Gasteiger partial charge on any atom is -0.378 e. The number of ether oxygens (including phenoxy) is 1. The van der Waals surface area contributed by atoms with Gasteiger partial charge in [0.05, 0.1) is 13.2 Å². The lowest BCUT2D eigenvalue weighted by molar-refractivity contribution is -0.116. The number of amides is 1. The first-order chi connectivity index (χ1) is 12.1. The molecule has 1 aromatic heterocycles. The van der Waals surface area contributed by atoms with Gasteiger partial charge in [0, 0.05) is 31.4 Å². The fourth-order valence-electron chi connectivity index (χ4n) is 2.94. The van der Waals surface area contributed by atoms with Crippen LogP contribution in [0.25, 0.3) is 0 Å². The quantitative estimate of drug-likeness (QED) is 0.909. The second kappa shape index (κ2) is 8.12. The van der Waals surface area contributed by atoms with Gasteiger partial charge in [-0.1, -0.05) is 12.1 Å². The Morgan fingerprint density at radius 2 is 2.04 bits per heavy atom. The number of nitrogens with one attached hydrogen (secondary N) is 1. The molecule has 2 heterocycles. The number of anilines is 2. The monoisotopic (exact) mass is 339 g/mol. The molecule has 1 aliphatic heterocycles. The van der Waals surface area contributed by atoms with E-state index in [9.17, 15) is 4.79 Å². The maximum Gasteiger partial charge on any atom is 0.224 e. The van der Waals surface area contributed by atoms with Gasteiger partial charge >= 0.3 is 0 Å². The molecule has 1 aliphatic rings. The topological polar surface area (TPSA) is 54.5 Å². The van der Waals surface area contributed by atoms with E-state index in [1.807, 2.05) is 31.3 Å². The zero-order chi connectivity index (χ0) is 17.6. The second-order valence-electron chi connectivity index (χ2n) is 6.42. The van der Waals surface area contributed by atoms with E-state index < -0.39 is 0 Å². The number of aryl methyl sites for hydroxylation is 2. The number of carbonyl (C=O) groups is 1. The van der Waals surface area contributed by atoms with Crippen LogP contribution in [0, 0.1) is 13.8 Å². The van der Waals surface area contributed by atoms with Crippen LogP contribution in [0.1, 0.15) is 23.1 Å². The molecule has 1 N–H and O–H groups in total. The Kier molecular flexibility index (Phi) is 5.66. The minimum absolute atomic E-state index is 0.0402. The molecule has 1 aromatic carbocycles. The summed E-state index contributed by atoms with van der Waals surface area (Å²) in [6.45, 7) is 7.29. The summed E-state index contributed by atoms with van der Waals surface area (Å²) in [7, 11) is 0. The number of benzene rings is 1. The minimum atomic E-state index is 0.0402. The molecule has 5 nitrogen and oxygen atoms in total. The van der Waals surface area contributed by atoms with E-state index in [2.05, 4.69) is 34.3 Å². The molecular formula is C20H25N3O2. The first kappa shape index (κ1) is 17.4. The summed E-state index contributed by atoms with van der Waals surface area (Å²) in [5.74, 6) is 1.01. The molecule has 2 aromatic rings. The highest BCUT2D eigenvalue weighted by Gasteiger charge is 2.13. The normalized spacial score (nSPS) is 14.4. The molecule has 25 heavy (non-hydrogen) atoms. The summed E-state index contributed by atoms with van der Waals surface area (Å²) in [5, 5.41) is 3.02. The lowest BCUT2D eigenvalue weighted by Crippen LogP contribution is -2.36. The van der Waals surface area contributed by atoms with Gasteiger partial charge in [-0.05, 0) is 55.2 Å². The Morgan fingerprint density at radius 3 is 2.84 bits per heavy atom. The van der Waals surface area contributed by atoms with Gasteiger partial charge in [-0.25, -0.2) is 4.98 Å². The van der Waals surface area contributed by atoms with Crippen LogP contribution in [-0.2, 0) is 16.0 Å². The average molecular weight is 339 g/mol. The zero-order valence-electron chi connectivity index (χ0n) is 14.9. The molecule has 1 fully saturated rings. The van der Waals surface area contributed by atoms with Gasteiger partial charge < -0.3 is 15.0 Å². The fourth-order valence-corrected chi connectivity index (χ4v) is 2.94. The predicted octanol–water partition coefficient (Wildman–Crippen LogP) is 3.11. The van der Waals surface area contributed by atoms with Gasteiger partial charge in [0.1, 0.15) is 5.82 Å². The molecule has 0 atom stereocenters. The lowest BCUT2D eigenvalue weighted by Gasteiger charge is -2.28. The van der Waals surface area contributed by atoms with E-state index in [1.54, 1.807) is 0 Å². The molecule has 0 unspecified atom stereocenters. The number of rotatable bonds is 5. The first-order valence-electron chi connectivity index (χ1n) is 8.77. The van der Waals surface area contributed by atoms with Gasteiger partial charge in [-0.3, -0.25) is 4.79 Å². The van der Waals surface area contributed by atoms with Crippen LogP contribution >= 0.6 is 0 Å². The molecule has 5 heteroatoms. The van der Waals surface area contributed by atoms with Gasteiger partial charge in [0.15, 0.2) is 0 Å². The Balaban J connectivity index is 1.57. The Labute approximate surface area is 149 Å². The molecular weight excluding hydrogens is 314 g/mol. The van der Waals surface area contributed by atoms with Crippen LogP contribution in [0.15, 0.2) is 36.5 Å². The van der Waals surface area contributed by atoms with Crippen LogP contribution < -0.4 is 10.2 Å². The molecule has 1 saturated heterocycles. The SMILES string of the molecule is Cc1cccc(NC(=O)CCc2ccnc(N3CCOCC3)c2)c1C. The maximum atomic E-state index is 12.3. The van der Waals surface area contributed by atoms with Gasteiger partial charge in [0.2, 0.25) is 5.91 Å². The van der Waals surface area contributed by atoms with Gasteiger partial charge in [-0.15, -0.1) is 0 Å². The van der Waals surface area contributed by atoms with Crippen molar-refractivity contribution in [1.82, 2.24) is 4.98 Å². The number of aromatic nitrogens is 1. The summed E-state index contributed by atoms with van der Waals surface area (Å²) < 4.78 is 5.38. The van der Waals surface area contributed by atoms with E-state index in [-0.39, 0.29) is 5.91 Å². The Bertz CT molecular complexity index is 739. The Hall–Kier alpha value is -2.40. The number of carbonyl (C=O) groups excluding carboxylic acids is 1. The predicted molar refractivity (Wildman–Crippen MR) is 100 cm³/mol. The van der Waals surface area contributed by atoms with Crippen LogP contribution in [-0.4, -0.2) is 37.2 Å². The molecule has 1 amide bonds. The largest absolute Gasteiger partial charge is 0.378 e. The molecule has 0 bridgehead atoms. The second-order valence-corrected chi connectivity index (χ2v) is 6.42. The van der Waals surface area contributed by atoms with Crippen molar-refractivity contribution in [2.75, 3.05) is 36.5 Å². The van der Waals surface area contributed by atoms with E-state index in [4.69, 9.17) is 4.74 Å². The third kappa shape index (κ3) is 4.57. The van der Waals surface area contributed by atoms with Crippen molar-refractivity contribution < 1.29 is 9.53 Å². The molecule has 0 aliphatic carbocycles. The van der Waals surface area contributed by atoms with Crippen molar-refractivity contribution >= 4 is 17.4 Å². The summed E-state index contributed by atoms with van der Waals surface area (Å²) >= 11 is 0. The van der Waals surface area contributed by atoms with Gasteiger partial charge in [0.25, 0.3) is 0 Å². The van der Waals surface area contributed by atoms with Crippen molar-refractivity contribution in [3.8, 4) is 0 Å². The van der Waals surface area contributed by atoms with Crippen LogP contribution in [0.5, 0.6) is 0 Å². The summed E-state index contributed by atoms with van der Waals surface area (Å²) in [5.41, 5.74) is 4.33. The fraction of sp³-hybridized carbons (Fsp3) is 0.400. The van der Waals surface area contributed by atoms with E-state index in [0.29, 0.717) is 12.8 Å². The lowest BCUT2D eigenvalue weighted by atomic mass is 10.1. The summed E-state index contributed by atoms with van der Waals surface area (Å²) in [6.07, 6.45) is 2.99. The zero-order valence-corrected chi connectivity index (χ0v) is 14.9. The van der Waals surface area contributed by atoms with Crippen LogP contribution in [0.2, 0.25) is 0 Å². The van der Waals surface area contributed by atoms with Crippen molar-refractivity contribution in [2.45, 2.75) is 26.7 Å². The summed E-state index contributed by atoms with van der Waals surface area (Å²) in [6, 6.07) is 10.0. The van der Waals surface area contributed by atoms with Gasteiger partial charge in [-0.2, -0.15) is 0 Å². The molecule has 3 rings (SSSR count). The standard InChI is InChI=1S/C20H25N3O2/c1-15-4-3-5-18(16(15)2)22-20(24)7-6-17-8-9-21-19(14-17)23-10-12-25-13-11-23/h3-5,8-9,14H,6-7,10-13H2,1-2H3,(H,22,24). The van der Waals surface area contributed by atoms with Crippen molar-refractivity contribution in [1.29, 1.82) is 0 Å². The first-order valence-corrected chi connectivity index (χ1v) is 8.77. The average Bonchev–Trinajstić information content (AvgIpc) is 2.65.